The number of nitrogens with zero attached hydrogens (tertiary/aromatic N) is 2. The van der Waals surface area contributed by atoms with Crippen molar-refractivity contribution in [2.45, 2.75) is 49.7 Å². The van der Waals surface area contributed by atoms with E-state index in [2.05, 4.69) is 12.2 Å². The molecule has 0 saturated carbocycles. The zero-order valence-electron chi connectivity index (χ0n) is 24.3. The van der Waals surface area contributed by atoms with Gasteiger partial charge in [0.2, 0.25) is 0 Å². The van der Waals surface area contributed by atoms with Crippen molar-refractivity contribution in [1.29, 1.82) is 0 Å². The van der Waals surface area contributed by atoms with Crippen molar-refractivity contribution in [1.82, 2.24) is 0 Å². The molecular weight excluding hydrogens is 645 g/mol. The van der Waals surface area contributed by atoms with Gasteiger partial charge in [0.25, 0.3) is 0 Å². The second kappa shape index (κ2) is 13.9. The van der Waals surface area contributed by atoms with Crippen LogP contribution in [-0.4, -0.2) is 53.8 Å². The maximum atomic E-state index is 13.3. The summed E-state index contributed by atoms with van der Waals surface area (Å²) < 4.78 is 85.9. The third-order valence-corrected chi connectivity index (χ3v) is 9.18. The van der Waals surface area contributed by atoms with Crippen molar-refractivity contribution >= 4 is 28.9 Å². The smallest absolute Gasteiger partial charge is 0.411 e. The molecule has 45 heavy (non-hydrogen) atoms. The third-order valence-electron chi connectivity index (χ3n) is 8.44. The lowest BCUT2D eigenvalue weighted by atomic mass is 9.83. The van der Waals surface area contributed by atoms with Crippen LogP contribution in [0.3, 0.4) is 0 Å². The molecule has 3 aromatic rings. The van der Waals surface area contributed by atoms with Gasteiger partial charge in [-0.1, -0.05) is 64.8 Å². The van der Waals surface area contributed by atoms with Gasteiger partial charge in [0.1, 0.15) is 5.60 Å². The van der Waals surface area contributed by atoms with E-state index in [0.29, 0.717) is 66.1 Å². The number of ether oxygens (including phenoxy) is 1. The number of rotatable bonds is 10. The second-order valence-electron chi connectivity index (χ2n) is 11.7. The van der Waals surface area contributed by atoms with Gasteiger partial charge in [-0.2, -0.15) is 26.3 Å². The monoisotopic (exact) mass is 677 g/mol. The molecule has 244 valence electrons. The number of quaternary nitrogens is 1. The first-order valence-corrected chi connectivity index (χ1v) is 14.9. The molecule has 13 heteroatoms. The lowest BCUT2D eigenvalue weighted by molar-refractivity contribution is -0.917. The highest BCUT2D eigenvalue weighted by Crippen LogP contribution is 2.38. The third kappa shape index (κ3) is 8.92. The number of oxime groups is 1. The van der Waals surface area contributed by atoms with Crippen LogP contribution in [0, 0.1) is 0 Å². The Morgan fingerprint density at radius 2 is 1.51 bits per heavy atom. The summed E-state index contributed by atoms with van der Waals surface area (Å²) in [6.45, 7) is 0.956. The average Bonchev–Trinajstić information content (AvgIpc) is 2.99. The van der Waals surface area contributed by atoms with E-state index in [1.807, 2.05) is 30.3 Å². The normalized spacial score (nSPS) is 22.0. The van der Waals surface area contributed by atoms with Crippen LogP contribution >= 0.6 is 23.2 Å². The van der Waals surface area contributed by atoms with Gasteiger partial charge in [-0.05, 0) is 47.0 Å². The number of halogens is 8. The summed E-state index contributed by atoms with van der Waals surface area (Å²) in [6, 6.07) is 15.6. The fraction of sp³-hybridized carbons (Fsp3) is 0.406. The van der Waals surface area contributed by atoms with E-state index in [4.69, 9.17) is 27.9 Å². The van der Waals surface area contributed by atoms with Gasteiger partial charge in [-0.3, -0.25) is 0 Å². The molecule has 0 aromatic heterocycles. The van der Waals surface area contributed by atoms with Gasteiger partial charge in [0, 0.05) is 25.2 Å². The number of likely N-dealkylation sites (tertiary alicyclic amines) is 1. The first-order chi connectivity index (χ1) is 21.0. The van der Waals surface area contributed by atoms with Crippen molar-refractivity contribution in [3.63, 3.8) is 0 Å². The van der Waals surface area contributed by atoms with Gasteiger partial charge in [-0.25, -0.2) is 0 Å². The summed E-state index contributed by atoms with van der Waals surface area (Å²) in [5.74, 6) is -0.568. The maximum Gasteiger partial charge on any atom is 0.416 e. The van der Waals surface area contributed by atoms with Crippen LogP contribution in [0.15, 0.2) is 71.9 Å². The molecule has 3 aromatic carbocycles. The van der Waals surface area contributed by atoms with E-state index in [-0.39, 0.29) is 29.0 Å². The Hall–Kier alpha value is -2.83. The molecule has 1 unspecified atom stereocenters. The highest BCUT2D eigenvalue weighted by molar-refractivity contribution is 6.42. The molecule has 0 radical (unpaired) electrons. The SMILES string of the molecule is C[N+]1(CCC(/C(COCc2cc(C(F)(F)F)cc(C(F)(F)F)c2)=N\O)c2ccc(Cl)c(Cl)c2)CCC(O)(c2ccccc2)CC1. The molecule has 4 rings (SSSR count). The zero-order valence-corrected chi connectivity index (χ0v) is 25.8. The summed E-state index contributed by atoms with van der Waals surface area (Å²) in [5.41, 5.74) is -2.55. The average molecular weight is 679 g/mol. The van der Waals surface area contributed by atoms with Crippen LogP contribution in [-0.2, 0) is 29.3 Å². The maximum absolute atomic E-state index is 13.3. The molecule has 1 saturated heterocycles. The van der Waals surface area contributed by atoms with Crippen LogP contribution in [0.1, 0.15) is 53.0 Å². The summed E-state index contributed by atoms with van der Waals surface area (Å²) in [6.07, 6.45) is -8.48. The van der Waals surface area contributed by atoms with Crippen molar-refractivity contribution in [3.05, 3.63) is 105 Å². The van der Waals surface area contributed by atoms with Gasteiger partial charge in [0.05, 0.1) is 66.8 Å². The minimum atomic E-state index is -4.99. The first kappa shape index (κ1) is 35.0. The van der Waals surface area contributed by atoms with E-state index in [9.17, 15) is 36.7 Å². The number of aliphatic hydroxyl groups is 1. The van der Waals surface area contributed by atoms with E-state index < -0.39 is 41.6 Å². The molecule has 5 nitrogen and oxygen atoms in total. The van der Waals surface area contributed by atoms with E-state index in [1.165, 1.54) is 0 Å². The van der Waals surface area contributed by atoms with Gasteiger partial charge in [0.15, 0.2) is 0 Å². The number of hydrogen-bond donors (Lipinski definition) is 2. The Morgan fingerprint density at radius 1 is 0.911 bits per heavy atom. The highest BCUT2D eigenvalue weighted by atomic mass is 35.5. The molecule has 0 bridgehead atoms. The summed E-state index contributed by atoms with van der Waals surface area (Å²) in [7, 11) is 2.06. The minimum Gasteiger partial charge on any atom is -0.411 e. The standard InChI is InChI=1S/C32H32Cl2F6N2O3/c1-42(13-10-30(43,11-14-42)23-5-3-2-4-6-23)12-9-26(22-7-8-27(33)28(34)17-22)29(41-44)20-45-19-21-15-24(31(35,36)37)18-25(16-21)32(38,39)40/h2-8,15-18,26,43H,9-14,19-20H2,1H3/p+1/b41-29-. The van der Waals surface area contributed by atoms with Crippen LogP contribution in [0.2, 0.25) is 10.0 Å². The molecule has 1 atom stereocenters. The lowest BCUT2D eigenvalue weighted by Gasteiger charge is -2.45. The molecule has 1 aliphatic rings. The topological polar surface area (TPSA) is 62.0 Å². The van der Waals surface area contributed by atoms with E-state index in [1.54, 1.807) is 18.2 Å². The lowest BCUT2D eigenvalue weighted by Crippen LogP contribution is -2.54. The van der Waals surface area contributed by atoms with Crippen molar-refractivity contribution in [2.24, 2.45) is 5.16 Å². The Kier molecular flexibility index (Phi) is 10.8. The Labute approximate surface area is 267 Å². The van der Waals surface area contributed by atoms with Crippen molar-refractivity contribution < 1.29 is 45.9 Å². The predicted molar refractivity (Wildman–Crippen MR) is 160 cm³/mol. The molecule has 0 aliphatic carbocycles. The molecule has 2 N–H and O–H groups in total. The molecule has 1 aliphatic heterocycles. The quantitative estimate of drug-likeness (QED) is 0.0742. The first-order valence-electron chi connectivity index (χ1n) is 14.2. The second-order valence-corrected chi connectivity index (χ2v) is 12.5. The number of piperidine rings is 1. The van der Waals surface area contributed by atoms with Crippen molar-refractivity contribution in [2.75, 3.05) is 33.3 Å². The van der Waals surface area contributed by atoms with Crippen LogP contribution in [0.25, 0.3) is 0 Å². The fourth-order valence-electron chi connectivity index (χ4n) is 5.68. The Morgan fingerprint density at radius 3 is 2.04 bits per heavy atom. The number of hydrogen-bond acceptors (Lipinski definition) is 4. The summed E-state index contributed by atoms with van der Waals surface area (Å²) in [5, 5.41) is 25.3. The van der Waals surface area contributed by atoms with Gasteiger partial charge < -0.3 is 19.5 Å². The largest absolute Gasteiger partial charge is 0.416 e. The summed E-state index contributed by atoms with van der Waals surface area (Å²) >= 11 is 12.4. The predicted octanol–water partition coefficient (Wildman–Crippen LogP) is 8.68. The number of alkyl halides is 6. The highest BCUT2D eigenvalue weighted by Gasteiger charge is 2.41. The molecule has 0 amide bonds. The zero-order chi connectivity index (χ0) is 33.0. The molecule has 1 fully saturated rings. The van der Waals surface area contributed by atoms with E-state index >= 15 is 0 Å². The van der Waals surface area contributed by atoms with Gasteiger partial charge in [-0.15, -0.1) is 0 Å². The molecular formula is C32H33Cl2F6N2O3+. The van der Waals surface area contributed by atoms with Crippen LogP contribution in [0.4, 0.5) is 26.3 Å². The van der Waals surface area contributed by atoms with Crippen molar-refractivity contribution in [3.8, 4) is 0 Å². The van der Waals surface area contributed by atoms with Gasteiger partial charge >= 0.3 is 12.4 Å². The summed E-state index contributed by atoms with van der Waals surface area (Å²) in [4.78, 5) is 0. The Balaban J connectivity index is 1.50. The van der Waals surface area contributed by atoms with E-state index in [0.717, 1.165) is 5.56 Å². The molecule has 0 spiro atoms. The minimum absolute atomic E-state index is 0.0508. The fourth-order valence-corrected chi connectivity index (χ4v) is 5.98. The van der Waals surface area contributed by atoms with Crippen LogP contribution in [0.5, 0.6) is 0 Å². The Bertz CT molecular complexity index is 1460. The van der Waals surface area contributed by atoms with Crippen LogP contribution < -0.4 is 0 Å². The molecule has 1 heterocycles. The number of benzene rings is 3.